The molecule has 24 heavy (non-hydrogen) atoms. The van der Waals surface area contributed by atoms with Crippen LogP contribution in [0.15, 0.2) is 46.1 Å². The number of nitrogens with zero attached hydrogens (tertiary/aromatic N) is 3. The summed E-state index contributed by atoms with van der Waals surface area (Å²) >= 11 is 2.26. The van der Waals surface area contributed by atoms with Gasteiger partial charge in [-0.3, -0.25) is 4.79 Å². The van der Waals surface area contributed by atoms with Crippen molar-refractivity contribution in [2.24, 2.45) is 16.6 Å². The van der Waals surface area contributed by atoms with E-state index in [1.807, 2.05) is 41.1 Å². The lowest BCUT2D eigenvalue weighted by Gasteiger charge is -2.43. The zero-order valence-electron chi connectivity index (χ0n) is 14.0. The number of halogens is 1. The molecule has 3 rings (SSSR count). The Balaban J connectivity index is 2.24. The van der Waals surface area contributed by atoms with Crippen molar-refractivity contribution < 1.29 is 4.79 Å². The molecule has 126 valence electrons. The number of hydrogen-bond donors (Lipinski definition) is 1. The second kappa shape index (κ2) is 5.98. The monoisotopic (exact) mass is 436 g/mol. The summed E-state index contributed by atoms with van der Waals surface area (Å²) in [6.07, 6.45) is 6.53. The molecule has 2 N–H and O–H groups in total. The van der Waals surface area contributed by atoms with E-state index in [0.29, 0.717) is 6.42 Å². The number of para-hydroxylation sites is 1. The van der Waals surface area contributed by atoms with E-state index >= 15 is 0 Å². The summed E-state index contributed by atoms with van der Waals surface area (Å²) < 4.78 is 2.98. The van der Waals surface area contributed by atoms with Gasteiger partial charge in [-0.2, -0.15) is 0 Å². The number of carbonyl (C=O) groups excluding carboxylic acids is 1. The Kier molecular flexibility index (Phi) is 4.27. The third-order valence-corrected chi connectivity index (χ3v) is 5.36. The molecule has 2 atom stereocenters. The van der Waals surface area contributed by atoms with E-state index in [9.17, 15) is 4.79 Å². The van der Waals surface area contributed by atoms with Crippen LogP contribution < -0.4 is 5.73 Å². The van der Waals surface area contributed by atoms with Gasteiger partial charge in [0.1, 0.15) is 5.52 Å². The number of benzene rings is 1. The third kappa shape index (κ3) is 2.76. The van der Waals surface area contributed by atoms with Gasteiger partial charge in [-0.1, -0.05) is 56.3 Å². The van der Waals surface area contributed by atoms with Gasteiger partial charge in [0.05, 0.1) is 17.0 Å². The van der Waals surface area contributed by atoms with E-state index < -0.39 is 5.41 Å². The highest BCUT2D eigenvalue weighted by atomic mass is 127. The smallest absolute Gasteiger partial charge is 0.229 e. The van der Waals surface area contributed by atoms with Crippen molar-refractivity contribution in [3.8, 4) is 0 Å². The molecule has 2 aromatic rings. The molecular weight excluding hydrogens is 415 g/mol. The SMILES string of the molecule is CC(C)(C)C(n1nnc2ccccc21)C1(C(N)=O)C=CC(I)=CC1. The molecule has 1 aromatic carbocycles. The minimum Gasteiger partial charge on any atom is -0.369 e. The maximum atomic E-state index is 12.6. The molecule has 1 aliphatic carbocycles. The molecule has 0 aliphatic heterocycles. The molecule has 0 saturated heterocycles. The van der Waals surface area contributed by atoms with Gasteiger partial charge in [0, 0.05) is 3.58 Å². The fourth-order valence-electron chi connectivity index (χ4n) is 3.59. The highest BCUT2D eigenvalue weighted by Crippen LogP contribution is 2.50. The Hall–Kier alpha value is -1.70. The summed E-state index contributed by atoms with van der Waals surface area (Å²) in [6, 6.07) is 7.55. The second-order valence-electron chi connectivity index (χ2n) is 7.32. The lowest BCUT2D eigenvalue weighted by molar-refractivity contribution is -0.129. The fraction of sp³-hybridized carbons (Fsp3) is 0.389. The summed E-state index contributed by atoms with van der Waals surface area (Å²) in [7, 11) is 0. The van der Waals surface area contributed by atoms with Crippen LogP contribution in [0.25, 0.3) is 11.0 Å². The molecule has 1 amide bonds. The van der Waals surface area contributed by atoms with Crippen molar-refractivity contribution in [3.05, 3.63) is 46.1 Å². The molecule has 0 spiro atoms. The first kappa shape index (κ1) is 17.1. The number of aromatic nitrogens is 3. The van der Waals surface area contributed by atoms with E-state index in [4.69, 9.17) is 5.73 Å². The molecule has 5 nitrogen and oxygen atoms in total. The number of hydrogen-bond acceptors (Lipinski definition) is 3. The van der Waals surface area contributed by atoms with E-state index in [1.165, 1.54) is 0 Å². The Morgan fingerprint density at radius 2 is 2.08 bits per heavy atom. The van der Waals surface area contributed by atoms with E-state index in [-0.39, 0.29) is 17.4 Å². The first-order chi connectivity index (χ1) is 11.3. The summed E-state index contributed by atoms with van der Waals surface area (Å²) in [4.78, 5) is 12.6. The van der Waals surface area contributed by atoms with Crippen molar-refractivity contribution in [2.75, 3.05) is 0 Å². The van der Waals surface area contributed by atoms with Gasteiger partial charge in [-0.15, -0.1) is 5.10 Å². The molecule has 6 heteroatoms. The zero-order valence-corrected chi connectivity index (χ0v) is 16.2. The molecular formula is C18H21IN4O. The Labute approximate surface area is 155 Å². The lowest BCUT2D eigenvalue weighted by atomic mass is 9.65. The quantitative estimate of drug-likeness (QED) is 0.745. The number of rotatable bonds is 3. The number of allylic oxidation sites excluding steroid dienone is 3. The molecule has 0 bridgehead atoms. The van der Waals surface area contributed by atoms with Gasteiger partial charge >= 0.3 is 0 Å². The average Bonchev–Trinajstić information content (AvgIpc) is 2.92. The molecule has 2 unspecified atom stereocenters. The number of primary amides is 1. The van der Waals surface area contributed by atoms with Crippen LogP contribution in [0.4, 0.5) is 0 Å². The van der Waals surface area contributed by atoms with Gasteiger partial charge in [0.25, 0.3) is 0 Å². The van der Waals surface area contributed by atoms with E-state index in [2.05, 4.69) is 59.8 Å². The fourth-order valence-corrected chi connectivity index (χ4v) is 3.99. The number of fused-ring (bicyclic) bond motifs is 1. The maximum Gasteiger partial charge on any atom is 0.229 e. The maximum absolute atomic E-state index is 12.6. The summed E-state index contributed by atoms with van der Waals surface area (Å²) in [5.74, 6) is -0.335. The van der Waals surface area contributed by atoms with Crippen molar-refractivity contribution in [1.82, 2.24) is 15.0 Å². The number of nitrogens with two attached hydrogens (primary N) is 1. The predicted octanol–water partition coefficient (Wildman–Crippen LogP) is 3.77. The average molecular weight is 436 g/mol. The summed E-state index contributed by atoms with van der Waals surface area (Å²) in [5, 5.41) is 8.66. The Bertz CT molecular complexity index is 846. The van der Waals surface area contributed by atoms with Crippen LogP contribution in [-0.4, -0.2) is 20.9 Å². The van der Waals surface area contributed by atoms with Crippen molar-refractivity contribution in [2.45, 2.75) is 33.2 Å². The van der Waals surface area contributed by atoms with Crippen LogP contribution in [0.3, 0.4) is 0 Å². The highest BCUT2D eigenvalue weighted by Gasteiger charge is 2.50. The topological polar surface area (TPSA) is 73.8 Å². The summed E-state index contributed by atoms with van der Waals surface area (Å²) in [6.45, 7) is 6.32. The van der Waals surface area contributed by atoms with Crippen LogP contribution >= 0.6 is 22.6 Å². The standard InChI is InChI=1S/C18H21IN4O/c1-17(2,3)15(18(16(20)24)10-8-12(19)9-11-18)23-14-7-5-4-6-13(14)21-22-23/h4-10,15H,11H2,1-3H3,(H2,20,24). The van der Waals surface area contributed by atoms with Gasteiger partial charge in [0.2, 0.25) is 5.91 Å². The van der Waals surface area contributed by atoms with Gasteiger partial charge in [0.15, 0.2) is 0 Å². The van der Waals surface area contributed by atoms with E-state index in [1.54, 1.807) is 0 Å². The molecule has 1 heterocycles. The van der Waals surface area contributed by atoms with Crippen molar-refractivity contribution >= 4 is 39.5 Å². The largest absolute Gasteiger partial charge is 0.369 e. The number of carbonyl (C=O) groups is 1. The third-order valence-electron chi connectivity index (χ3n) is 4.56. The van der Waals surface area contributed by atoms with Crippen LogP contribution in [0.1, 0.15) is 33.2 Å². The molecule has 0 radical (unpaired) electrons. The Morgan fingerprint density at radius 1 is 1.38 bits per heavy atom. The van der Waals surface area contributed by atoms with Crippen LogP contribution in [-0.2, 0) is 4.79 Å². The van der Waals surface area contributed by atoms with Gasteiger partial charge in [-0.05, 0) is 46.6 Å². The predicted molar refractivity (Wildman–Crippen MR) is 104 cm³/mol. The lowest BCUT2D eigenvalue weighted by Crippen LogP contribution is -2.48. The first-order valence-electron chi connectivity index (χ1n) is 7.90. The van der Waals surface area contributed by atoms with Crippen LogP contribution in [0, 0.1) is 10.8 Å². The first-order valence-corrected chi connectivity index (χ1v) is 8.98. The van der Waals surface area contributed by atoms with Crippen molar-refractivity contribution in [1.29, 1.82) is 0 Å². The molecule has 1 aromatic heterocycles. The van der Waals surface area contributed by atoms with Crippen LogP contribution in [0.5, 0.6) is 0 Å². The van der Waals surface area contributed by atoms with Gasteiger partial charge in [-0.25, -0.2) is 4.68 Å². The summed E-state index contributed by atoms with van der Waals surface area (Å²) in [5.41, 5.74) is 6.57. The molecule has 0 fully saturated rings. The van der Waals surface area contributed by atoms with Crippen molar-refractivity contribution in [3.63, 3.8) is 0 Å². The highest BCUT2D eigenvalue weighted by molar-refractivity contribution is 14.1. The minimum atomic E-state index is -0.830. The molecule has 1 aliphatic rings. The Morgan fingerprint density at radius 3 is 2.67 bits per heavy atom. The second-order valence-corrected chi connectivity index (χ2v) is 8.57. The minimum absolute atomic E-state index is 0.244. The molecule has 0 saturated carbocycles. The zero-order chi connectivity index (χ0) is 17.5. The van der Waals surface area contributed by atoms with Crippen LogP contribution in [0.2, 0.25) is 0 Å². The normalized spacial score (nSPS) is 22.4. The number of amides is 1. The van der Waals surface area contributed by atoms with E-state index in [0.717, 1.165) is 14.6 Å². The van der Waals surface area contributed by atoms with Gasteiger partial charge < -0.3 is 5.73 Å².